The Bertz CT molecular complexity index is 520. The minimum atomic E-state index is -0.653. The van der Waals surface area contributed by atoms with E-state index in [0.717, 1.165) is 19.3 Å². The Morgan fingerprint density at radius 2 is 1.19 bits per heavy atom. The number of unbranched alkanes of at least 4 members (excludes halogenated alkanes) is 12. The van der Waals surface area contributed by atoms with E-state index in [9.17, 15) is 15.0 Å². The second kappa shape index (κ2) is 24.2. The Labute approximate surface area is 224 Å². The molecule has 37 heavy (non-hydrogen) atoms. The zero-order valence-electron chi connectivity index (χ0n) is 23.2. The molecule has 1 aliphatic heterocycles. The lowest BCUT2D eigenvalue weighted by Gasteiger charge is -2.41. The van der Waals surface area contributed by atoms with Gasteiger partial charge in [0, 0.05) is 6.42 Å². The van der Waals surface area contributed by atoms with Crippen LogP contribution < -0.4 is 0 Å². The summed E-state index contributed by atoms with van der Waals surface area (Å²) < 4.78 is 28.5. The second-order valence-electron chi connectivity index (χ2n) is 9.80. The van der Waals surface area contributed by atoms with Gasteiger partial charge in [-0.25, -0.2) is 0 Å². The molecule has 1 rings (SSSR count). The van der Waals surface area contributed by atoms with Crippen molar-refractivity contribution in [3.8, 4) is 0 Å². The van der Waals surface area contributed by atoms with E-state index < -0.39 is 24.4 Å². The molecule has 1 saturated heterocycles. The molecule has 0 radical (unpaired) electrons. The highest BCUT2D eigenvalue weighted by Gasteiger charge is 2.43. The quantitative estimate of drug-likeness (QED) is 0.119. The number of carbonyl (C=O) groups is 1. The Kier molecular flexibility index (Phi) is 22.4. The van der Waals surface area contributed by atoms with Gasteiger partial charge in [-0.3, -0.25) is 4.79 Å². The van der Waals surface area contributed by atoms with Crippen LogP contribution in [0.1, 0.15) is 96.8 Å². The van der Waals surface area contributed by atoms with Crippen LogP contribution >= 0.6 is 0 Å². The molecule has 220 valence electrons. The van der Waals surface area contributed by atoms with Crippen molar-refractivity contribution in [3.63, 3.8) is 0 Å². The number of rotatable bonds is 25. The molecule has 0 aromatic rings. The van der Waals surface area contributed by atoms with Crippen LogP contribution in [0.15, 0.2) is 0 Å². The van der Waals surface area contributed by atoms with E-state index in [1.54, 1.807) is 0 Å². The third-order valence-electron chi connectivity index (χ3n) is 6.65. The topological polar surface area (TPSA) is 124 Å². The molecule has 4 atom stereocenters. The lowest BCUT2D eigenvalue weighted by Crippen LogP contribution is -2.58. The summed E-state index contributed by atoms with van der Waals surface area (Å²) in [5, 5.41) is 27.5. The first kappa shape index (κ1) is 34.2. The summed E-state index contributed by atoms with van der Waals surface area (Å²) in [4.78, 5) is 12.3. The highest BCUT2D eigenvalue weighted by molar-refractivity contribution is 5.69. The highest BCUT2D eigenvalue weighted by atomic mass is 16.6. The van der Waals surface area contributed by atoms with Gasteiger partial charge in [0.05, 0.1) is 46.2 Å². The molecule has 1 fully saturated rings. The summed E-state index contributed by atoms with van der Waals surface area (Å²) in [7, 11) is 0. The molecule has 0 amide bonds. The van der Waals surface area contributed by atoms with Gasteiger partial charge in [0.15, 0.2) is 0 Å². The van der Waals surface area contributed by atoms with Gasteiger partial charge in [-0.05, 0) is 6.42 Å². The van der Waals surface area contributed by atoms with Crippen LogP contribution in [0.5, 0.6) is 0 Å². The lowest BCUT2D eigenvalue weighted by atomic mass is 9.99. The number of ether oxygens (including phenoxy) is 5. The Balaban J connectivity index is 2.25. The zero-order valence-corrected chi connectivity index (χ0v) is 23.2. The van der Waals surface area contributed by atoms with Crippen molar-refractivity contribution in [1.82, 2.24) is 0 Å². The molecule has 0 bridgehead atoms. The fourth-order valence-corrected chi connectivity index (χ4v) is 4.64. The maximum absolute atomic E-state index is 12.3. The Morgan fingerprint density at radius 3 is 1.73 bits per heavy atom. The van der Waals surface area contributed by atoms with Crippen LogP contribution in [-0.2, 0) is 28.5 Å². The molecule has 1 heterocycles. The van der Waals surface area contributed by atoms with E-state index in [4.69, 9.17) is 28.8 Å². The second-order valence-corrected chi connectivity index (χ2v) is 9.80. The average molecular weight is 535 g/mol. The number of esters is 1. The van der Waals surface area contributed by atoms with Gasteiger partial charge in [0.25, 0.3) is 0 Å². The van der Waals surface area contributed by atoms with Gasteiger partial charge in [0.2, 0.25) is 0 Å². The van der Waals surface area contributed by atoms with Crippen molar-refractivity contribution in [3.05, 3.63) is 0 Å². The fourth-order valence-electron chi connectivity index (χ4n) is 4.64. The van der Waals surface area contributed by atoms with Gasteiger partial charge in [-0.2, -0.15) is 0 Å². The predicted molar refractivity (Wildman–Crippen MR) is 141 cm³/mol. The van der Waals surface area contributed by atoms with E-state index in [0.29, 0.717) is 6.42 Å². The molecule has 3 N–H and O–H groups in total. The highest BCUT2D eigenvalue weighted by Crippen LogP contribution is 2.24. The first-order valence-corrected chi connectivity index (χ1v) is 14.6. The van der Waals surface area contributed by atoms with Gasteiger partial charge >= 0.3 is 5.97 Å². The standard InChI is InChI=1S/C28H54O9/c1-2-3-4-5-6-7-8-9-10-11-12-13-14-15-26(32)37-23-25-28(35-21-18-31)27(34-20-17-30)24(22-36-25)33-19-16-29/h24-25,27-31H,2-23H2,1H3. The summed E-state index contributed by atoms with van der Waals surface area (Å²) in [6, 6.07) is 0. The van der Waals surface area contributed by atoms with Crippen LogP contribution in [0.3, 0.4) is 0 Å². The van der Waals surface area contributed by atoms with E-state index in [1.165, 1.54) is 64.2 Å². The van der Waals surface area contributed by atoms with E-state index in [2.05, 4.69) is 6.92 Å². The molecule has 0 aliphatic carbocycles. The maximum atomic E-state index is 12.3. The smallest absolute Gasteiger partial charge is 0.305 e. The van der Waals surface area contributed by atoms with Crippen molar-refractivity contribution in [1.29, 1.82) is 0 Å². The molecule has 9 nitrogen and oxygen atoms in total. The average Bonchev–Trinajstić information content (AvgIpc) is 2.91. The Morgan fingerprint density at radius 1 is 0.703 bits per heavy atom. The minimum absolute atomic E-state index is 0.0130. The number of aliphatic hydroxyl groups excluding tert-OH is 3. The summed E-state index contributed by atoms with van der Waals surface area (Å²) in [5.41, 5.74) is 0. The maximum Gasteiger partial charge on any atom is 0.305 e. The fraction of sp³-hybridized carbons (Fsp3) is 0.964. The molecule has 9 heteroatoms. The van der Waals surface area contributed by atoms with Crippen molar-refractivity contribution < 1.29 is 43.8 Å². The lowest BCUT2D eigenvalue weighted by molar-refractivity contribution is -0.241. The van der Waals surface area contributed by atoms with Crippen molar-refractivity contribution in [2.75, 3.05) is 52.9 Å². The van der Waals surface area contributed by atoms with E-state index in [1.807, 2.05) is 0 Å². The molecular formula is C28H54O9. The van der Waals surface area contributed by atoms with Crippen LogP contribution in [-0.4, -0.2) is 98.6 Å². The molecule has 0 saturated carbocycles. The third kappa shape index (κ3) is 16.7. The zero-order chi connectivity index (χ0) is 27.0. The molecule has 0 aromatic heterocycles. The largest absolute Gasteiger partial charge is 0.463 e. The van der Waals surface area contributed by atoms with Crippen molar-refractivity contribution in [2.24, 2.45) is 0 Å². The molecule has 0 spiro atoms. The predicted octanol–water partition coefficient (Wildman–Crippen LogP) is 3.54. The minimum Gasteiger partial charge on any atom is -0.463 e. The van der Waals surface area contributed by atoms with Gasteiger partial charge < -0.3 is 39.0 Å². The summed E-state index contributed by atoms with van der Waals surface area (Å²) >= 11 is 0. The summed E-state index contributed by atoms with van der Waals surface area (Å²) in [6.07, 6.45) is 14.3. The number of hydrogen-bond donors (Lipinski definition) is 3. The van der Waals surface area contributed by atoms with E-state index in [-0.39, 0.29) is 58.8 Å². The third-order valence-corrected chi connectivity index (χ3v) is 6.65. The number of aliphatic hydroxyl groups is 3. The summed E-state index contributed by atoms with van der Waals surface area (Å²) in [6.45, 7) is 2.18. The van der Waals surface area contributed by atoms with Crippen molar-refractivity contribution >= 4 is 5.97 Å². The SMILES string of the molecule is CCCCCCCCCCCCCCCC(=O)OCC1OCC(OCCO)C(OCCO)C1OCCO. The monoisotopic (exact) mass is 534 g/mol. The van der Waals surface area contributed by atoms with Gasteiger partial charge in [0.1, 0.15) is 31.0 Å². The molecule has 0 aromatic carbocycles. The number of hydrogen-bond acceptors (Lipinski definition) is 9. The molecular weight excluding hydrogens is 480 g/mol. The van der Waals surface area contributed by atoms with Crippen LogP contribution in [0.2, 0.25) is 0 Å². The van der Waals surface area contributed by atoms with Gasteiger partial charge in [-0.1, -0.05) is 84.0 Å². The Hall–Kier alpha value is -0.810. The van der Waals surface area contributed by atoms with Crippen LogP contribution in [0, 0.1) is 0 Å². The first-order valence-electron chi connectivity index (χ1n) is 14.6. The molecule has 4 unspecified atom stereocenters. The van der Waals surface area contributed by atoms with Crippen LogP contribution in [0.25, 0.3) is 0 Å². The van der Waals surface area contributed by atoms with Crippen LogP contribution in [0.4, 0.5) is 0 Å². The van der Waals surface area contributed by atoms with Crippen molar-refractivity contribution in [2.45, 2.75) is 121 Å². The van der Waals surface area contributed by atoms with E-state index >= 15 is 0 Å². The normalized spacial score (nSPS) is 21.8. The summed E-state index contributed by atoms with van der Waals surface area (Å²) in [5.74, 6) is -0.265. The first-order chi connectivity index (χ1) is 18.2. The van der Waals surface area contributed by atoms with Gasteiger partial charge in [-0.15, -0.1) is 0 Å². The number of carbonyl (C=O) groups excluding carboxylic acids is 1. The molecule has 1 aliphatic rings.